The van der Waals surface area contributed by atoms with E-state index in [9.17, 15) is 14.4 Å². The fraction of sp³-hybridized carbons (Fsp3) is 0.250. The summed E-state index contributed by atoms with van der Waals surface area (Å²) in [6.07, 6.45) is -0.352. The average Bonchev–Trinajstić information content (AvgIpc) is 3.15. The molecule has 1 aliphatic heterocycles. The van der Waals surface area contributed by atoms with Crippen LogP contribution in [0.2, 0.25) is 0 Å². The topological polar surface area (TPSA) is 95.9 Å². The predicted octanol–water partition coefficient (Wildman–Crippen LogP) is 3.81. The number of rotatable bonds is 7. The van der Waals surface area contributed by atoms with Crippen molar-refractivity contribution in [1.29, 1.82) is 0 Å². The number of ether oxygens (including phenoxy) is 1. The summed E-state index contributed by atoms with van der Waals surface area (Å²) in [6, 6.07) is 23.8. The Morgan fingerprint density at radius 1 is 0.857 bits per heavy atom. The Kier molecular flexibility index (Phi) is 6.23. The number of carbonyl (C=O) groups excluding carboxylic acids is 2. The molecule has 2 amide bonds. The van der Waals surface area contributed by atoms with Gasteiger partial charge in [-0.25, -0.2) is 4.79 Å². The number of amides is 2. The molecule has 0 aromatic heterocycles. The number of hydrogen-bond donors (Lipinski definition) is 2. The summed E-state index contributed by atoms with van der Waals surface area (Å²) in [6.45, 7) is 0.959. The minimum atomic E-state index is -0.873. The maximum atomic E-state index is 12.5. The van der Waals surface area contributed by atoms with Crippen LogP contribution in [-0.2, 0) is 27.3 Å². The van der Waals surface area contributed by atoms with Crippen molar-refractivity contribution in [2.75, 3.05) is 19.7 Å². The van der Waals surface area contributed by atoms with E-state index in [0.717, 1.165) is 22.3 Å². The number of fused-ring (bicyclic) bond motifs is 3. The molecule has 178 valence electrons. The third-order valence-corrected chi connectivity index (χ3v) is 6.81. The SMILES string of the molecule is O=C(NCc1ccccc1CC(=O)N1CC(C(=O)O)C1)OCC1c2ccccc2-c2ccccc21. The summed E-state index contributed by atoms with van der Waals surface area (Å²) < 4.78 is 5.60. The van der Waals surface area contributed by atoms with E-state index in [4.69, 9.17) is 9.84 Å². The second kappa shape index (κ2) is 9.62. The number of carboxylic acid groups (broad SMARTS) is 1. The summed E-state index contributed by atoms with van der Waals surface area (Å²) in [5.74, 6) is -1.48. The van der Waals surface area contributed by atoms with Gasteiger partial charge in [-0.3, -0.25) is 9.59 Å². The Balaban J connectivity index is 1.17. The number of carboxylic acids is 1. The summed E-state index contributed by atoms with van der Waals surface area (Å²) >= 11 is 0. The number of likely N-dealkylation sites (tertiary alicyclic amines) is 1. The standard InChI is InChI=1S/C28H26N2O5/c31-26(30-15-20(16-30)27(32)33)13-18-7-1-2-8-19(18)14-29-28(34)35-17-25-23-11-5-3-9-21(23)22-10-4-6-12-24(22)25/h1-12,20,25H,13-17H2,(H,29,34)(H,32,33). The van der Waals surface area contributed by atoms with E-state index >= 15 is 0 Å². The largest absolute Gasteiger partial charge is 0.481 e. The number of nitrogens with one attached hydrogen (secondary N) is 1. The van der Waals surface area contributed by atoms with Gasteiger partial charge in [-0.05, 0) is 33.4 Å². The maximum absolute atomic E-state index is 12.5. The molecule has 2 aliphatic rings. The van der Waals surface area contributed by atoms with Crippen LogP contribution in [0, 0.1) is 5.92 Å². The lowest BCUT2D eigenvalue weighted by Crippen LogP contribution is -2.53. The molecule has 7 nitrogen and oxygen atoms in total. The number of alkyl carbamates (subject to hydrolysis) is 1. The van der Waals surface area contributed by atoms with E-state index in [1.54, 1.807) is 4.90 Å². The molecule has 7 heteroatoms. The molecule has 0 atom stereocenters. The molecular weight excluding hydrogens is 444 g/mol. The van der Waals surface area contributed by atoms with Crippen molar-refractivity contribution in [3.05, 3.63) is 95.1 Å². The van der Waals surface area contributed by atoms with Gasteiger partial charge in [0.15, 0.2) is 0 Å². The van der Waals surface area contributed by atoms with Crippen LogP contribution in [-0.4, -0.2) is 47.7 Å². The molecule has 1 fully saturated rings. The smallest absolute Gasteiger partial charge is 0.407 e. The number of hydrogen-bond acceptors (Lipinski definition) is 4. The highest BCUT2D eigenvalue weighted by molar-refractivity contribution is 5.83. The van der Waals surface area contributed by atoms with Gasteiger partial charge in [-0.15, -0.1) is 0 Å². The lowest BCUT2D eigenvalue weighted by molar-refractivity contribution is -0.152. The highest BCUT2D eigenvalue weighted by atomic mass is 16.5. The fourth-order valence-corrected chi connectivity index (χ4v) is 4.83. The van der Waals surface area contributed by atoms with Crippen molar-refractivity contribution < 1.29 is 24.2 Å². The van der Waals surface area contributed by atoms with E-state index in [0.29, 0.717) is 0 Å². The lowest BCUT2D eigenvalue weighted by atomic mass is 9.98. The number of carbonyl (C=O) groups is 3. The Labute approximate surface area is 203 Å². The first-order chi connectivity index (χ1) is 17.0. The van der Waals surface area contributed by atoms with Gasteiger partial charge in [-0.1, -0.05) is 72.8 Å². The molecule has 35 heavy (non-hydrogen) atoms. The highest BCUT2D eigenvalue weighted by Gasteiger charge is 2.35. The molecule has 0 bridgehead atoms. The molecule has 3 aromatic rings. The van der Waals surface area contributed by atoms with Gasteiger partial charge in [0.25, 0.3) is 0 Å². The average molecular weight is 471 g/mol. The first-order valence-corrected chi connectivity index (χ1v) is 11.7. The fourth-order valence-electron chi connectivity index (χ4n) is 4.83. The zero-order valence-electron chi connectivity index (χ0n) is 19.1. The normalized spacial score (nSPS) is 14.6. The van der Waals surface area contributed by atoms with Crippen molar-refractivity contribution in [3.8, 4) is 11.1 Å². The van der Waals surface area contributed by atoms with Gasteiger partial charge in [0.2, 0.25) is 5.91 Å². The van der Waals surface area contributed by atoms with Crippen molar-refractivity contribution in [2.24, 2.45) is 5.92 Å². The minimum absolute atomic E-state index is 0.00999. The summed E-state index contributed by atoms with van der Waals surface area (Å²) in [4.78, 5) is 37.6. The number of benzene rings is 3. The molecule has 1 saturated heterocycles. The Hall–Kier alpha value is -4.13. The van der Waals surface area contributed by atoms with Crippen LogP contribution in [0.4, 0.5) is 4.79 Å². The van der Waals surface area contributed by atoms with Gasteiger partial charge in [0.05, 0.1) is 12.3 Å². The monoisotopic (exact) mass is 470 g/mol. The quantitative estimate of drug-likeness (QED) is 0.548. The Morgan fingerprint density at radius 2 is 1.43 bits per heavy atom. The molecule has 0 saturated carbocycles. The van der Waals surface area contributed by atoms with Gasteiger partial charge >= 0.3 is 12.1 Å². The van der Waals surface area contributed by atoms with Crippen LogP contribution in [0.1, 0.15) is 28.2 Å². The summed E-state index contributed by atoms with van der Waals surface area (Å²) in [7, 11) is 0. The summed E-state index contributed by atoms with van der Waals surface area (Å²) in [5, 5.41) is 11.8. The second-order valence-electron chi connectivity index (χ2n) is 8.96. The van der Waals surface area contributed by atoms with E-state index in [1.807, 2.05) is 48.5 Å². The van der Waals surface area contributed by atoms with Crippen molar-refractivity contribution in [2.45, 2.75) is 18.9 Å². The zero-order valence-corrected chi connectivity index (χ0v) is 19.1. The first-order valence-electron chi connectivity index (χ1n) is 11.7. The third-order valence-electron chi connectivity index (χ3n) is 6.81. The van der Waals surface area contributed by atoms with E-state index < -0.39 is 18.0 Å². The van der Waals surface area contributed by atoms with Crippen LogP contribution < -0.4 is 5.32 Å². The molecule has 0 radical (unpaired) electrons. The molecule has 5 rings (SSSR count). The lowest BCUT2D eigenvalue weighted by Gasteiger charge is -2.36. The second-order valence-corrected chi connectivity index (χ2v) is 8.96. The van der Waals surface area contributed by atoms with E-state index in [-0.39, 0.29) is 44.5 Å². The molecule has 1 aliphatic carbocycles. The third kappa shape index (κ3) is 4.62. The maximum Gasteiger partial charge on any atom is 0.407 e. The Bertz CT molecular complexity index is 1240. The predicted molar refractivity (Wildman–Crippen MR) is 130 cm³/mol. The van der Waals surface area contributed by atoms with Crippen molar-refractivity contribution in [1.82, 2.24) is 10.2 Å². The molecule has 3 aromatic carbocycles. The van der Waals surface area contributed by atoms with Crippen LogP contribution in [0.25, 0.3) is 11.1 Å². The van der Waals surface area contributed by atoms with Crippen LogP contribution in [0.15, 0.2) is 72.8 Å². The molecule has 2 N–H and O–H groups in total. The highest BCUT2D eigenvalue weighted by Crippen LogP contribution is 2.44. The molecule has 0 unspecified atom stereocenters. The van der Waals surface area contributed by atoms with E-state index in [2.05, 4.69) is 29.6 Å². The summed E-state index contributed by atoms with van der Waals surface area (Å²) in [5.41, 5.74) is 6.28. The van der Waals surface area contributed by atoms with Crippen LogP contribution >= 0.6 is 0 Å². The minimum Gasteiger partial charge on any atom is -0.481 e. The van der Waals surface area contributed by atoms with Gasteiger partial charge in [0.1, 0.15) is 6.61 Å². The van der Waals surface area contributed by atoms with Crippen LogP contribution in [0.5, 0.6) is 0 Å². The van der Waals surface area contributed by atoms with Crippen LogP contribution in [0.3, 0.4) is 0 Å². The van der Waals surface area contributed by atoms with Gasteiger partial charge in [0, 0.05) is 25.6 Å². The number of nitrogens with zero attached hydrogens (tertiary/aromatic N) is 1. The Morgan fingerprint density at radius 3 is 2.06 bits per heavy atom. The molecular formula is C28H26N2O5. The van der Waals surface area contributed by atoms with Crippen molar-refractivity contribution in [3.63, 3.8) is 0 Å². The van der Waals surface area contributed by atoms with E-state index in [1.165, 1.54) is 11.1 Å². The van der Waals surface area contributed by atoms with Gasteiger partial charge in [-0.2, -0.15) is 0 Å². The van der Waals surface area contributed by atoms with Crippen molar-refractivity contribution >= 4 is 18.0 Å². The first kappa shape index (κ1) is 22.7. The zero-order chi connectivity index (χ0) is 24.4. The van der Waals surface area contributed by atoms with Gasteiger partial charge < -0.3 is 20.1 Å². The molecule has 0 spiro atoms. The molecule has 1 heterocycles. The number of aliphatic carboxylic acids is 1.